The van der Waals surface area contributed by atoms with Gasteiger partial charge in [0.25, 0.3) is 0 Å². The molecule has 4 nitrogen and oxygen atoms in total. The van der Waals surface area contributed by atoms with E-state index in [9.17, 15) is 4.79 Å². The number of carbonyl (C=O) groups excluding carboxylic acids is 1. The van der Waals surface area contributed by atoms with Gasteiger partial charge >= 0.3 is 0 Å². The molecule has 0 aromatic carbocycles. The number of anilines is 1. The summed E-state index contributed by atoms with van der Waals surface area (Å²) in [7, 11) is 0. The fourth-order valence-electron chi connectivity index (χ4n) is 2.59. The third kappa shape index (κ3) is 4.00. The van der Waals surface area contributed by atoms with Gasteiger partial charge in [0.15, 0.2) is 0 Å². The van der Waals surface area contributed by atoms with Crippen molar-refractivity contribution in [3.05, 3.63) is 5.01 Å². The number of hydrogen-bond donors (Lipinski definition) is 1. The molecule has 106 valence electrons. The Balaban J connectivity index is 1.91. The van der Waals surface area contributed by atoms with Crippen molar-refractivity contribution in [1.82, 2.24) is 10.2 Å². The van der Waals surface area contributed by atoms with Gasteiger partial charge in [-0.25, -0.2) is 0 Å². The van der Waals surface area contributed by atoms with Crippen LogP contribution in [0.4, 0.5) is 5.13 Å². The van der Waals surface area contributed by atoms with E-state index in [0.29, 0.717) is 11.0 Å². The van der Waals surface area contributed by atoms with E-state index in [1.165, 1.54) is 32.1 Å². The topological polar surface area (TPSA) is 54.9 Å². The van der Waals surface area contributed by atoms with Gasteiger partial charge in [-0.05, 0) is 19.3 Å². The molecule has 1 unspecified atom stereocenters. The van der Waals surface area contributed by atoms with Crippen molar-refractivity contribution in [2.75, 3.05) is 5.32 Å². The molecule has 2 rings (SSSR count). The molecule has 5 heteroatoms. The number of rotatable bonds is 5. The normalized spacial score (nSPS) is 18.2. The molecule has 1 fully saturated rings. The van der Waals surface area contributed by atoms with Crippen molar-refractivity contribution in [2.24, 2.45) is 5.92 Å². The van der Waals surface area contributed by atoms with Crippen molar-refractivity contribution >= 4 is 22.4 Å². The molecular weight excluding hydrogens is 258 g/mol. The zero-order valence-corrected chi connectivity index (χ0v) is 12.6. The van der Waals surface area contributed by atoms with E-state index in [4.69, 9.17) is 0 Å². The van der Waals surface area contributed by atoms with Crippen molar-refractivity contribution in [3.63, 3.8) is 0 Å². The van der Waals surface area contributed by atoms with Crippen LogP contribution in [-0.2, 0) is 4.79 Å². The fraction of sp³-hybridized carbons (Fsp3) is 0.786. The lowest BCUT2D eigenvalue weighted by Gasteiger charge is -2.18. The first-order chi connectivity index (χ1) is 9.20. The van der Waals surface area contributed by atoms with Crippen LogP contribution in [0.1, 0.15) is 69.7 Å². The van der Waals surface area contributed by atoms with Gasteiger partial charge in [-0.1, -0.05) is 50.9 Å². The summed E-state index contributed by atoms with van der Waals surface area (Å²) in [6, 6.07) is 0. The van der Waals surface area contributed by atoms with Gasteiger partial charge in [-0.2, -0.15) is 0 Å². The molecule has 1 atom stereocenters. The van der Waals surface area contributed by atoms with Crippen molar-refractivity contribution in [1.29, 1.82) is 0 Å². The van der Waals surface area contributed by atoms with E-state index in [0.717, 1.165) is 17.8 Å². The van der Waals surface area contributed by atoms with Gasteiger partial charge in [0, 0.05) is 11.8 Å². The lowest BCUT2D eigenvalue weighted by atomic mass is 9.90. The van der Waals surface area contributed by atoms with Crippen LogP contribution in [0.5, 0.6) is 0 Å². The maximum absolute atomic E-state index is 11.9. The smallest absolute Gasteiger partial charge is 0.229 e. The molecule has 1 heterocycles. The molecule has 1 N–H and O–H groups in total. The Hall–Kier alpha value is -0.970. The Morgan fingerprint density at radius 3 is 2.79 bits per heavy atom. The highest BCUT2D eigenvalue weighted by Crippen LogP contribution is 2.35. The van der Waals surface area contributed by atoms with Gasteiger partial charge in [0.1, 0.15) is 5.01 Å². The van der Waals surface area contributed by atoms with Crippen LogP contribution in [0.25, 0.3) is 0 Å². The number of carbonyl (C=O) groups is 1. The van der Waals surface area contributed by atoms with E-state index in [1.54, 1.807) is 11.3 Å². The number of amides is 1. The lowest BCUT2D eigenvalue weighted by Crippen LogP contribution is -2.20. The summed E-state index contributed by atoms with van der Waals surface area (Å²) < 4.78 is 0. The van der Waals surface area contributed by atoms with E-state index in [-0.39, 0.29) is 11.8 Å². The first-order valence-corrected chi connectivity index (χ1v) is 8.16. The quantitative estimate of drug-likeness (QED) is 0.888. The maximum atomic E-state index is 11.9. The molecule has 0 spiro atoms. The van der Waals surface area contributed by atoms with Gasteiger partial charge in [-0.3, -0.25) is 4.79 Å². The largest absolute Gasteiger partial charge is 0.300 e. The number of nitrogens with one attached hydrogen (secondary N) is 1. The molecule has 0 radical (unpaired) electrons. The van der Waals surface area contributed by atoms with Crippen LogP contribution in [0, 0.1) is 5.92 Å². The second-order valence-corrected chi connectivity index (χ2v) is 6.47. The zero-order chi connectivity index (χ0) is 13.7. The monoisotopic (exact) mass is 281 g/mol. The first kappa shape index (κ1) is 14.4. The molecule has 1 amide bonds. The summed E-state index contributed by atoms with van der Waals surface area (Å²) in [6.45, 7) is 4.05. The second kappa shape index (κ2) is 6.98. The van der Waals surface area contributed by atoms with Crippen LogP contribution < -0.4 is 5.32 Å². The van der Waals surface area contributed by atoms with Crippen molar-refractivity contribution in [3.8, 4) is 0 Å². The number of hydrogen-bond acceptors (Lipinski definition) is 4. The first-order valence-electron chi connectivity index (χ1n) is 7.35. The van der Waals surface area contributed by atoms with Crippen LogP contribution in [0.15, 0.2) is 0 Å². The molecule has 1 aliphatic carbocycles. The van der Waals surface area contributed by atoms with Crippen LogP contribution in [-0.4, -0.2) is 16.1 Å². The Morgan fingerprint density at radius 1 is 1.37 bits per heavy atom. The maximum Gasteiger partial charge on any atom is 0.229 e. The SMILES string of the molecule is CCCC(C)C(=O)Nc1nnc(C2CCCCC2)s1. The zero-order valence-electron chi connectivity index (χ0n) is 11.8. The molecule has 0 saturated heterocycles. The average Bonchev–Trinajstić information content (AvgIpc) is 2.88. The number of aromatic nitrogens is 2. The molecule has 1 aromatic heterocycles. The highest BCUT2D eigenvalue weighted by atomic mass is 32.1. The van der Waals surface area contributed by atoms with Crippen LogP contribution >= 0.6 is 11.3 Å². The van der Waals surface area contributed by atoms with E-state index < -0.39 is 0 Å². The Labute approximate surface area is 119 Å². The lowest BCUT2D eigenvalue weighted by molar-refractivity contribution is -0.119. The second-order valence-electron chi connectivity index (χ2n) is 5.46. The molecule has 0 aliphatic heterocycles. The fourth-order valence-corrected chi connectivity index (χ4v) is 3.51. The summed E-state index contributed by atoms with van der Waals surface area (Å²) in [6.07, 6.45) is 8.30. The van der Waals surface area contributed by atoms with Crippen LogP contribution in [0.2, 0.25) is 0 Å². The minimum atomic E-state index is 0.0482. The summed E-state index contributed by atoms with van der Waals surface area (Å²) >= 11 is 1.55. The Bertz CT molecular complexity index is 413. The predicted octanol–water partition coefficient (Wildman–Crippen LogP) is 3.96. The summed E-state index contributed by atoms with van der Waals surface area (Å²) in [4.78, 5) is 11.9. The minimum absolute atomic E-state index is 0.0482. The van der Waals surface area contributed by atoms with Gasteiger partial charge < -0.3 is 5.32 Å². The Kier molecular flexibility index (Phi) is 5.31. The van der Waals surface area contributed by atoms with E-state index >= 15 is 0 Å². The average molecular weight is 281 g/mol. The van der Waals surface area contributed by atoms with Gasteiger partial charge in [-0.15, -0.1) is 10.2 Å². The van der Waals surface area contributed by atoms with Crippen molar-refractivity contribution < 1.29 is 4.79 Å². The third-order valence-corrected chi connectivity index (χ3v) is 4.80. The molecular formula is C14H23N3OS. The number of nitrogens with zero attached hydrogens (tertiary/aromatic N) is 2. The standard InChI is InChI=1S/C14H23N3OS/c1-3-7-10(2)12(18)15-14-17-16-13(19-14)11-8-5-4-6-9-11/h10-11H,3-9H2,1-2H3,(H,15,17,18). The molecule has 0 bridgehead atoms. The van der Waals surface area contributed by atoms with E-state index in [1.807, 2.05) is 6.92 Å². The van der Waals surface area contributed by atoms with Crippen molar-refractivity contribution in [2.45, 2.75) is 64.7 Å². The molecule has 19 heavy (non-hydrogen) atoms. The summed E-state index contributed by atoms with van der Waals surface area (Å²) in [5, 5.41) is 13.0. The van der Waals surface area contributed by atoms with Gasteiger partial charge in [0.2, 0.25) is 11.0 Å². The van der Waals surface area contributed by atoms with E-state index in [2.05, 4.69) is 22.4 Å². The highest BCUT2D eigenvalue weighted by Gasteiger charge is 2.21. The minimum Gasteiger partial charge on any atom is -0.300 e. The van der Waals surface area contributed by atoms with Gasteiger partial charge in [0.05, 0.1) is 0 Å². The van der Waals surface area contributed by atoms with Crippen LogP contribution in [0.3, 0.4) is 0 Å². The summed E-state index contributed by atoms with van der Waals surface area (Å²) in [5.41, 5.74) is 0. The molecule has 1 aliphatic rings. The molecule has 1 aromatic rings. The Morgan fingerprint density at radius 2 is 2.11 bits per heavy atom. The third-order valence-electron chi connectivity index (χ3n) is 3.79. The highest BCUT2D eigenvalue weighted by molar-refractivity contribution is 7.15. The molecule has 1 saturated carbocycles. The predicted molar refractivity (Wildman–Crippen MR) is 78.4 cm³/mol. The summed E-state index contributed by atoms with van der Waals surface area (Å²) in [5.74, 6) is 0.671.